The molecular formula is C21H23N3O2. The van der Waals surface area contributed by atoms with Crippen molar-refractivity contribution in [3.8, 4) is 0 Å². The summed E-state index contributed by atoms with van der Waals surface area (Å²) in [4.78, 5) is 33.5. The summed E-state index contributed by atoms with van der Waals surface area (Å²) < 4.78 is 0. The van der Waals surface area contributed by atoms with E-state index in [1.165, 1.54) is 0 Å². The Labute approximate surface area is 153 Å². The van der Waals surface area contributed by atoms with Crippen molar-refractivity contribution < 1.29 is 9.59 Å². The van der Waals surface area contributed by atoms with Gasteiger partial charge in [0.1, 0.15) is 0 Å². The Morgan fingerprint density at radius 1 is 1.04 bits per heavy atom. The van der Waals surface area contributed by atoms with Crippen molar-refractivity contribution in [3.63, 3.8) is 0 Å². The van der Waals surface area contributed by atoms with Crippen molar-refractivity contribution in [1.29, 1.82) is 0 Å². The van der Waals surface area contributed by atoms with Crippen LogP contribution in [0.4, 0.5) is 0 Å². The number of likely N-dealkylation sites (tertiary alicyclic amines) is 1. The molecule has 2 aliphatic heterocycles. The summed E-state index contributed by atoms with van der Waals surface area (Å²) >= 11 is 0. The standard InChI is InChI=1S/C21H23N3O2/c25-20(15-17-6-3-4-11-22-17)23-12-9-18(10-13-23)24-14-8-16-5-1-2-7-19(16)21(24)26/h1-7,11,18H,8-10,12-15H2. The van der Waals surface area contributed by atoms with Crippen molar-refractivity contribution in [3.05, 3.63) is 65.5 Å². The zero-order valence-electron chi connectivity index (χ0n) is 14.8. The predicted molar refractivity (Wildman–Crippen MR) is 98.7 cm³/mol. The van der Waals surface area contributed by atoms with Crippen LogP contribution in [0.25, 0.3) is 0 Å². The number of piperidine rings is 1. The SMILES string of the molecule is O=C(Cc1ccccn1)N1CCC(N2CCc3ccccc3C2=O)CC1. The molecule has 0 atom stereocenters. The van der Waals surface area contributed by atoms with E-state index in [4.69, 9.17) is 0 Å². The number of fused-ring (bicyclic) bond motifs is 1. The number of carbonyl (C=O) groups excluding carboxylic acids is 2. The van der Waals surface area contributed by atoms with Crippen LogP contribution in [0.15, 0.2) is 48.7 Å². The number of hydrogen-bond acceptors (Lipinski definition) is 3. The average Bonchev–Trinajstić information content (AvgIpc) is 2.69. The minimum absolute atomic E-state index is 0.123. The molecule has 26 heavy (non-hydrogen) atoms. The van der Waals surface area contributed by atoms with Crippen molar-refractivity contribution in [1.82, 2.24) is 14.8 Å². The van der Waals surface area contributed by atoms with Crippen LogP contribution in [0.1, 0.15) is 34.5 Å². The van der Waals surface area contributed by atoms with Gasteiger partial charge in [-0.1, -0.05) is 24.3 Å². The Morgan fingerprint density at radius 3 is 2.58 bits per heavy atom. The fourth-order valence-electron chi connectivity index (χ4n) is 3.99. The van der Waals surface area contributed by atoms with E-state index in [0.29, 0.717) is 19.5 Å². The van der Waals surface area contributed by atoms with Gasteiger partial charge in [0.15, 0.2) is 0 Å². The first-order chi connectivity index (χ1) is 12.7. The highest BCUT2D eigenvalue weighted by Gasteiger charge is 2.32. The highest BCUT2D eigenvalue weighted by atomic mass is 16.2. The quantitative estimate of drug-likeness (QED) is 0.854. The van der Waals surface area contributed by atoms with Gasteiger partial charge < -0.3 is 9.80 Å². The molecule has 134 valence electrons. The zero-order chi connectivity index (χ0) is 17.9. The summed E-state index contributed by atoms with van der Waals surface area (Å²) in [5, 5.41) is 0. The molecular weight excluding hydrogens is 326 g/mol. The van der Waals surface area contributed by atoms with Crippen LogP contribution >= 0.6 is 0 Å². The van der Waals surface area contributed by atoms with Crippen molar-refractivity contribution in [2.45, 2.75) is 31.7 Å². The summed E-state index contributed by atoms with van der Waals surface area (Å²) in [7, 11) is 0. The molecule has 0 aliphatic carbocycles. The second kappa shape index (κ2) is 7.28. The normalized spacial score (nSPS) is 17.9. The van der Waals surface area contributed by atoms with Crippen LogP contribution < -0.4 is 0 Å². The Hall–Kier alpha value is -2.69. The second-order valence-corrected chi connectivity index (χ2v) is 7.02. The lowest BCUT2D eigenvalue weighted by molar-refractivity contribution is -0.131. The van der Waals surface area contributed by atoms with E-state index in [1.54, 1.807) is 6.20 Å². The minimum atomic E-state index is 0.123. The molecule has 0 radical (unpaired) electrons. The van der Waals surface area contributed by atoms with E-state index in [0.717, 1.165) is 42.6 Å². The largest absolute Gasteiger partial charge is 0.342 e. The molecule has 0 N–H and O–H groups in total. The highest BCUT2D eigenvalue weighted by Crippen LogP contribution is 2.25. The van der Waals surface area contributed by atoms with E-state index in [1.807, 2.05) is 52.3 Å². The predicted octanol–water partition coefficient (Wildman–Crippen LogP) is 2.31. The fraction of sp³-hybridized carbons (Fsp3) is 0.381. The lowest BCUT2D eigenvalue weighted by Crippen LogP contribution is -2.51. The lowest BCUT2D eigenvalue weighted by atomic mass is 9.94. The summed E-state index contributed by atoms with van der Waals surface area (Å²) in [6.45, 7) is 2.20. The number of hydrogen-bond donors (Lipinski definition) is 0. The van der Waals surface area contributed by atoms with Crippen molar-refractivity contribution in [2.24, 2.45) is 0 Å². The van der Waals surface area contributed by atoms with Gasteiger partial charge in [0, 0.05) is 43.1 Å². The van der Waals surface area contributed by atoms with E-state index < -0.39 is 0 Å². The number of amides is 2. The number of nitrogens with zero attached hydrogens (tertiary/aromatic N) is 3. The molecule has 2 amide bonds. The topological polar surface area (TPSA) is 53.5 Å². The molecule has 0 bridgehead atoms. The van der Waals surface area contributed by atoms with E-state index in [2.05, 4.69) is 4.98 Å². The summed E-state index contributed by atoms with van der Waals surface area (Å²) in [5.74, 6) is 0.266. The van der Waals surface area contributed by atoms with Gasteiger partial charge in [0.05, 0.1) is 6.42 Å². The van der Waals surface area contributed by atoms with E-state index in [9.17, 15) is 9.59 Å². The molecule has 3 heterocycles. The third-order valence-corrected chi connectivity index (χ3v) is 5.45. The van der Waals surface area contributed by atoms with Gasteiger partial charge in [0.2, 0.25) is 5.91 Å². The molecule has 1 saturated heterocycles. The number of carbonyl (C=O) groups is 2. The van der Waals surface area contributed by atoms with Gasteiger partial charge in [-0.2, -0.15) is 0 Å². The van der Waals surface area contributed by atoms with Gasteiger partial charge in [-0.25, -0.2) is 0 Å². The van der Waals surface area contributed by atoms with Crippen LogP contribution in [0.2, 0.25) is 0 Å². The van der Waals surface area contributed by atoms with Gasteiger partial charge in [0.25, 0.3) is 5.91 Å². The van der Waals surface area contributed by atoms with Crippen molar-refractivity contribution >= 4 is 11.8 Å². The van der Waals surface area contributed by atoms with Gasteiger partial charge >= 0.3 is 0 Å². The molecule has 1 aromatic carbocycles. The van der Waals surface area contributed by atoms with Crippen LogP contribution in [0, 0.1) is 0 Å². The molecule has 1 aromatic heterocycles. The third kappa shape index (κ3) is 3.34. The zero-order valence-corrected chi connectivity index (χ0v) is 14.8. The first-order valence-corrected chi connectivity index (χ1v) is 9.29. The highest BCUT2D eigenvalue weighted by molar-refractivity contribution is 5.97. The maximum absolute atomic E-state index is 12.8. The van der Waals surface area contributed by atoms with Crippen LogP contribution in [-0.4, -0.2) is 52.3 Å². The Kier molecular flexibility index (Phi) is 4.69. The molecule has 2 aromatic rings. The molecule has 5 heteroatoms. The monoisotopic (exact) mass is 349 g/mol. The molecule has 4 rings (SSSR count). The van der Waals surface area contributed by atoms with E-state index >= 15 is 0 Å². The second-order valence-electron chi connectivity index (χ2n) is 7.02. The molecule has 2 aliphatic rings. The molecule has 0 spiro atoms. The van der Waals surface area contributed by atoms with Gasteiger partial charge in [-0.3, -0.25) is 14.6 Å². The molecule has 0 unspecified atom stereocenters. The number of aromatic nitrogens is 1. The third-order valence-electron chi connectivity index (χ3n) is 5.45. The minimum Gasteiger partial charge on any atom is -0.342 e. The maximum Gasteiger partial charge on any atom is 0.254 e. The number of benzene rings is 1. The molecule has 1 fully saturated rings. The van der Waals surface area contributed by atoms with Gasteiger partial charge in [-0.15, -0.1) is 0 Å². The average molecular weight is 349 g/mol. The fourth-order valence-corrected chi connectivity index (χ4v) is 3.99. The smallest absolute Gasteiger partial charge is 0.254 e. The number of rotatable bonds is 3. The van der Waals surface area contributed by atoms with Crippen LogP contribution in [0.3, 0.4) is 0 Å². The summed E-state index contributed by atoms with van der Waals surface area (Å²) in [6, 6.07) is 13.8. The van der Waals surface area contributed by atoms with Crippen LogP contribution in [-0.2, 0) is 17.6 Å². The lowest BCUT2D eigenvalue weighted by Gasteiger charge is -2.40. The molecule has 5 nitrogen and oxygen atoms in total. The Balaban J connectivity index is 1.35. The Bertz CT molecular complexity index is 798. The summed E-state index contributed by atoms with van der Waals surface area (Å²) in [5.41, 5.74) is 2.80. The van der Waals surface area contributed by atoms with Crippen LogP contribution in [0.5, 0.6) is 0 Å². The first kappa shape index (κ1) is 16.8. The van der Waals surface area contributed by atoms with E-state index in [-0.39, 0.29) is 17.9 Å². The first-order valence-electron chi connectivity index (χ1n) is 9.29. The molecule has 0 saturated carbocycles. The summed E-state index contributed by atoms with van der Waals surface area (Å²) in [6.07, 6.45) is 4.68. The van der Waals surface area contributed by atoms with Crippen molar-refractivity contribution in [2.75, 3.05) is 19.6 Å². The Morgan fingerprint density at radius 2 is 1.81 bits per heavy atom. The maximum atomic E-state index is 12.8. The van der Waals surface area contributed by atoms with Gasteiger partial charge in [-0.05, 0) is 43.0 Å². The number of pyridine rings is 1.